The Bertz CT molecular complexity index is 594. The SMILES string of the molecule is Cc1ccc(S[C@@H](C)C(=O)NCCc2ncnn2C)cc1. The molecule has 21 heavy (non-hydrogen) atoms. The van der Waals surface area contributed by atoms with E-state index in [4.69, 9.17) is 0 Å². The Hall–Kier alpha value is -1.82. The van der Waals surface area contributed by atoms with E-state index in [0.29, 0.717) is 13.0 Å². The summed E-state index contributed by atoms with van der Waals surface area (Å²) in [7, 11) is 1.85. The highest BCUT2D eigenvalue weighted by Gasteiger charge is 2.14. The van der Waals surface area contributed by atoms with E-state index >= 15 is 0 Å². The number of aromatic nitrogens is 3. The molecule has 1 aromatic heterocycles. The maximum Gasteiger partial charge on any atom is 0.233 e. The van der Waals surface area contributed by atoms with Gasteiger partial charge in [-0.1, -0.05) is 17.7 Å². The van der Waals surface area contributed by atoms with Gasteiger partial charge in [-0.3, -0.25) is 9.48 Å². The number of rotatable bonds is 6. The summed E-state index contributed by atoms with van der Waals surface area (Å²) in [4.78, 5) is 17.3. The average Bonchev–Trinajstić information content (AvgIpc) is 2.87. The van der Waals surface area contributed by atoms with Crippen molar-refractivity contribution in [2.24, 2.45) is 7.05 Å². The standard InChI is InChI=1S/C15H20N4OS/c1-11-4-6-13(7-5-11)21-12(2)15(20)16-9-8-14-17-10-18-19(14)3/h4-7,10,12H,8-9H2,1-3H3,(H,16,20)/t12-/m0/s1. The van der Waals surface area contributed by atoms with Crippen molar-refractivity contribution >= 4 is 17.7 Å². The quantitative estimate of drug-likeness (QED) is 0.829. The van der Waals surface area contributed by atoms with Gasteiger partial charge in [0.1, 0.15) is 12.2 Å². The number of thioether (sulfide) groups is 1. The molecule has 1 N–H and O–H groups in total. The number of hydrogen-bond acceptors (Lipinski definition) is 4. The number of hydrogen-bond donors (Lipinski definition) is 1. The van der Waals surface area contributed by atoms with Crippen LogP contribution in [0.5, 0.6) is 0 Å². The molecule has 0 radical (unpaired) electrons. The lowest BCUT2D eigenvalue weighted by atomic mass is 10.2. The number of aryl methyl sites for hydroxylation is 2. The van der Waals surface area contributed by atoms with Crippen LogP contribution in [-0.4, -0.2) is 32.5 Å². The number of nitrogens with zero attached hydrogens (tertiary/aromatic N) is 3. The van der Waals surface area contributed by atoms with Gasteiger partial charge in [-0.25, -0.2) is 4.98 Å². The van der Waals surface area contributed by atoms with Crippen molar-refractivity contribution in [2.45, 2.75) is 30.4 Å². The maximum absolute atomic E-state index is 12.1. The molecule has 6 heteroatoms. The van der Waals surface area contributed by atoms with E-state index in [-0.39, 0.29) is 11.2 Å². The number of carbonyl (C=O) groups excluding carboxylic acids is 1. The summed E-state index contributed by atoms with van der Waals surface area (Å²) in [5, 5.41) is 6.82. The highest BCUT2D eigenvalue weighted by atomic mass is 32.2. The Morgan fingerprint density at radius 2 is 2.10 bits per heavy atom. The third-order valence-corrected chi connectivity index (χ3v) is 4.27. The smallest absolute Gasteiger partial charge is 0.233 e. The van der Waals surface area contributed by atoms with E-state index in [1.165, 1.54) is 11.9 Å². The number of carbonyl (C=O) groups is 1. The lowest BCUT2D eigenvalue weighted by Crippen LogP contribution is -2.32. The Labute approximate surface area is 129 Å². The average molecular weight is 304 g/mol. The Morgan fingerprint density at radius 3 is 2.71 bits per heavy atom. The van der Waals surface area contributed by atoms with E-state index in [9.17, 15) is 4.79 Å². The first kappa shape index (κ1) is 15.6. The molecule has 2 rings (SSSR count). The summed E-state index contributed by atoms with van der Waals surface area (Å²) in [5.74, 6) is 0.914. The van der Waals surface area contributed by atoms with Gasteiger partial charge in [0, 0.05) is 24.9 Å². The summed E-state index contributed by atoms with van der Waals surface area (Å²) in [6.07, 6.45) is 2.21. The van der Waals surface area contributed by atoms with Crippen molar-refractivity contribution in [1.82, 2.24) is 20.1 Å². The Morgan fingerprint density at radius 1 is 1.38 bits per heavy atom. The van der Waals surface area contributed by atoms with Gasteiger partial charge in [-0.2, -0.15) is 5.10 Å². The lowest BCUT2D eigenvalue weighted by Gasteiger charge is -2.12. The second kappa shape index (κ2) is 7.26. The van der Waals surface area contributed by atoms with Gasteiger partial charge in [0.25, 0.3) is 0 Å². The molecule has 0 unspecified atom stereocenters. The second-order valence-corrected chi connectivity index (χ2v) is 6.33. The first-order valence-corrected chi connectivity index (χ1v) is 7.78. The number of amides is 1. The minimum absolute atomic E-state index is 0.0442. The van der Waals surface area contributed by atoms with Gasteiger partial charge in [-0.05, 0) is 26.0 Å². The van der Waals surface area contributed by atoms with Gasteiger partial charge >= 0.3 is 0 Å². The molecule has 0 spiro atoms. The van der Waals surface area contributed by atoms with Crippen LogP contribution in [-0.2, 0) is 18.3 Å². The zero-order chi connectivity index (χ0) is 15.2. The summed E-state index contributed by atoms with van der Waals surface area (Å²) in [5.41, 5.74) is 1.22. The fourth-order valence-corrected chi connectivity index (χ4v) is 2.75. The highest BCUT2D eigenvalue weighted by molar-refractivity contribution is 8.00. The van der Waals surface area contributed by atoms with Crippen LogP contribution >= 0.6 is 11.8 Å². The molecular formula is C15H20N4OS. The zero-order valence-corrected chi connectivity index (χ0v) is 13.4. The van der Waals surface area contributed by atoms with E-state index < -0.39 is 0 Å². The summed E-state index contributed by atoms with van der Waals surface area (Å²) in [6.45, 7) is 4.55. The summed E-state index contributed by atoms with van der Waals surface area (Å²) in [6, 6.07) is 8.20. The van der Waals surface area contributed by atoms with Gasteiger partial charge in [0.15, 0.2) is 0 Å². The molecular weight excluding hydrogens is 284 g/mol. The van der Waals surface area contributed by atoms with Gasteiger partial charge < -0.3 is 5.32 Å². The maximum atomic E-state index is 12.1. The molecule has 0 aliphatic rings. The molecule has 0 aliphatic carbocycles. The van der Waals surface area contributed by atoms with Crippen LogP contribution in [0.1, 0.15) is 18.3 Å². The van der Waals surface area contributed by atoms with Crippen molar-refractivity contribution in [3.8, 4) is 0 Å². The van der Waals surface area contributed by atoms with Gasteiger partial charge in [0.2, 0.25) is 5.91 Å². The number of benzene rings is 1. The molecule has 1 aromatic carbocycles. The number of nitrogens with one attached hydrogen (secondary N) is 1. The van der Waals surface area contributed by atoms with Gasteiger partial charge in [-0.15, -0.1) is 11.8 Å². The molecule has 2 aromatic rings. The van der Waals surface area contributed by atoms with E-state index in [0.717, 1.165) is 10.7 Å². The summed E-state index contributed by atoms with van der Waals surface area (Å²) >= 11 is 1.57. The van der Waals surface area contributed by atoms with Gasteiger partial charge in [0.05, 0.1) is 5.25 Å². The normalized spacial score (nSPS) is 12.1. The first-order valence-electron chi connectivity index (χ1n) is 6.90. The molecule has 0 bridgehead atoms. The minimum Gasteiger partial charge on any atom is -0.355 e. The van der Waals surface area contributed by atoms with Crippen molar-refractivity contribution < 1.29 is 4.79 Å². The minimum atomic E-state index is -0.118. The molecule has 0 aliphatic heterocycles. The van der Waals surface area contributed by atoms with Crippen molar-refractivity contribution in [3.05, 3.63) is 42.0 Å². The van der Waals surface area contributed by atoms with Crippen molar-refractivity contribution in [2.75, 3.05) is 6.54 Å². The summed E-state index contributed by atoms with van der Waals surface area (Å²) < 4.78 is 1.72. The molecule has 1 heterocycles. The van der Waals surface area contributed by atoms with Crippen LogP contribution in [0.2, 0.25) is 0 Å². The van der Waals surface area contributed by atoms with Crippen LogP contribution in [0, 0.1) is 6.92 Å². The second-order valence-electron chi connectivity index (χ2n) is 4.91. The van der Waals surface area contributed by atoms with Crippen molar-refractivity contribution in [3.63, 3.8) is 0 Å². The van der Waals surface area contributed by atoms with Crippen LogP contribution in [0.25, 0.3) is 0 Å². The Kier molecular flexibility index (Phi) is 5.38. The molecule has 0 fully saturated rings. The van der Waals surface area contributed by atoms with Crippen LogP contribution in [0.4, 0.5) is 0 Å². The van der Waals surface area contributed by atoms with Crippen LogP contribution < -0.4 is 5.32 Å². The molecule has 0 saturated carbocycles. The largest absolute Gasteiger partial charge is 0.355 e. The third-order valence-electron chi connectivity index (χ3n) is 3.16. The first-order chi connectivity index (χ1) is 10.1. The molecule has 0 saturated heterocycles. The van der Waals surface area contributed by atoms with Crippen molar-refractivity contribution in [1.29, 1.82) is 0 Å². The molecule has 112 valence electrons. The Balaban J connectivity index is 1.77. The predicted octanol–water partition coefficient (Wildman–Crippen LogP) is 1.96. The van der Waals surface area contributed by atoms with Crippen LogP contribution in [0.3, 0.4) is 0 Å². The fourth-order valence-electron chi connectivity index (χ4n) is 1.86. The van der Waals surface area contributed by atoms with E-state index in [2.05, 4.69) is 34.5 Å². The fraction of sp³-hybridized carbons (Fsp3) is 0.400. The van der Waals surface area contributed by atoms with Crippen LogP contribution in [0.15, 0.2) is 35.5 Å². The molecule has 5 nitrogen and oxygen atoms in total. The predicted molar refractivity (Wildman–Crippen MR) is 84.2 cm³/mol. The molecule has 1 atom stereocenters. The van der Waals surface area contributed by atoms with E-state index in [1.807, 2.05) is 26.1 Å². The lowest BCUT2D eigenvalue weighted by molar-refractivity contribution is -0.120. The monoisotopic (exact) mass is 304 g/mol. The topological polar surface area (TPSA) is 59.8 Å². The zero-order valence-electron chi connectivity index (χ0n) is 12.5. The molecule has 1 amide bonds. The van der Waals surface area contributed by atoms with E-state index in [1.54, 1.807) is 16.4 Å². The third kappa shape index (κ3) is 4.60. The highest BCUT2D eigenvalue weighted by Crippen LogP contribution is 2.23.